The second kappa shape index (κ2) is 11.4. The molecule has 1 saturated heterocycles. The van der Waals surface area contributed by atoms with Gasteiger partial charge >= 0.3 is 6.03 Å². The summed E-state index contributed by atoms with van der Waals surface area (Å²) in [7, 11) is 0. The fourth-order valence-corrected chi connectivity index (χ4v) is 3.41. The van der Waals surface area contributed by atoms with E-state index in [1.807, 2.05) is 24.3 Å². The quantitative estimate of drug-likeness (QED) is 0.579. The number of urea groups is 1. The Bertz CT molecular complexity index is 922. The van der Waals surface area contributed by atoms with Gasteiger partial charge in [-0.2, -0.15) is 0 Å². The van der Waals surface area contributed by atoms with Gasteiger partial charge in [0.15, 0.2) is 5.78 Å². The molecule has 3 amide bonds. The Kier molecular flexibility index (Phi) is 8.35. The number of hydrogen-bond acceptors (Lipinski definition) is 5. The number of aliphatic hydroxyl groups excluding tert-OH is 1. The molecular formula is C24H29N3O5. The highest BCUT2D eigenvalue weighted by atomic mass is 16.5. The number of carbonyl (C=O) groups is 3. The molecule has 3 N–H and O–H groups in total. The van der Waals surface area contributed by atoms with Crippen LogP contribution < -0.4 is 10.6 Å². The highest BCUT2D eigenvalue weighted by Crippen LogP contribution is 2.20. The van der Waals surface area contributed by atoms with E-state index < -0.39 is 24.3 Å². The van der Waals surface area contributed by atoms with E-state index >= 15 is 0 Å². The van der Waals surface area contributed by atoms with Crippen LogP contribution >= 0.6 is 0 Å². The third-order valence-corrected chi connectivity index (χ3v) is 5.45. The minimum atomic E-state index is -1.03. The third-order valence-electron chi connectivity index (χ3n) is 5.45. The monoisotopic (exact) mass is 439 g/mol. The average molecular weight is 440 g/mol. The lowest BCUT2D eigenvalue weighted by atomic mass is 10.0. The normalized spacial score (nSPS) is 14.5. The highest BCUT2D eigenvalue weighted by Gasteiger charge is 2.23. The van der Waals surface area contributed by atoms with Gasteiger partial charge in [-0.05, 0) is 35.2 Å². The molecule has 8 nitrogen and oxygen atoms in total. The second-order valence-electron chi connectivity index (χ2n) is 7.56. The summed E-state index contributed by atoms with van der Waals surface area (Å²) in [4.78, 5) is 38.6. The van der Waals surface area contributed by atoms with Gasteiger partial charge in [0.2, 0.25) is 0 Å². The van der Waals surface area contributed by atoms with Crippen molar-refractivity contribution in [1.29, 1.82) is 0 Å². The molecule has 0 radical (unpaired) electrons. The molecule has 170 valence electrons. The lowest BCUT2D eigenvalue weighted by Gasteiger charge is -2.27. The number of ketones is 1. The Morgan fingerprint density at radius 1 is 1.00 bits per heavy atom. The zero-order valence-electron chi connectivity index (χ0n) is 18.2. The molecule has 3 rings (SSSR count). The minimum Gasteiger partial charge on any atom is -0.388 e. The molecule has 2 aromatic rings. The first-order valence-corrected chi connectivity index (χ1v) is 10.8. The number of amides is 3. The van der Waals surface area contributed by atoms with Crippen LogP contribution in [-0.4, -0.2) is 73.2 Å². The SMILES string of the molecule is CCc1ccc(-c2ccc(C(=O)N[C@@H](CNC(=O)N3CCOCC3)C(=O)CO)cc2)cc1. The Labute approximate surface area is 187 Å². The number of carbonyl (C=O) groups excluding carboxylic acids is 3. The summed E-state index contributed by atoms with van der Waals surface area (Å²) in [6.07, 6.45) is 0.972. The van der Waals surface area contributed by atoms with Crippen molar-refractivity contribution < 1.29 is 24.2 Å². The van der Waals surface area contributed by atoms with Crippen LogP contribution in [0.25, 0.3) is 11.1 Å². The average Bonchev–Trinajstić information content (AvgIpc) is 2.86. The summed E-state index contributed by atoms with van der Waals surface area (Å²) in [6, 6.07) is 13.9. The van der Waals surface area contributed by atoms with E-state index in [2.05, 4.69) is 29.7 Å². The molecule has 0 unspecified atom stereocenters. The zero-order valence-corrected chi connectivity index (χ0v) is 18.2. The summed E-state index contributed by atoms with van der Waals surface area (Å²) < 4.78 is 5.21. The van der Waals surface area contributed by atoms with E-state index in [4.69, 9.17) is 4.74 Å². The van der Waals surface area contributed by atoms with Gasteiger partial charge < -0.3 is 25.4 Å². The second-order valence-corrected chi connectivity index (χ2v) is 7.56. The van der Waals surface area contributed by atoms with Crippen molar-refractivity contribution in [2.75, 3.05) is 39.5 Å². The number of nitrogens with zero attached hydrogens (tertiary/aromatic N) is 1. The molecule has 1 fully saturated rings. The summed E-state index contributed by atoms with van der Waals surface area (Å²) in [5.74, 6) is -1.03. The molecule has 0 bridgehead atoms. The topological polar surface area (TPSA) is 108 Å². The van der Waals surface area contributed by atoms with Crippen molar-refractivity contribution in [3.8, 4) is 11.1 Å². The predicted octanol–water partition coefficient (Wildman–Crippen LogP) is 1.62. The smallest absolute Gasteiger partial charge is 0.317 e. The molecular weight excluding hydrogens is 410 g/mol. The van der Waals surface area contributed by atoms with Crippen LogP contribution in [0.5, 0.6) is 0 Å². The predicted molar refractivity (Wildman–Crippen MR) is 120 cm³/mol. The number of morpholine rings is 1. The maximum absolute atomic E-state index is 12.7. The first-order chi connectivity index (χ1) is 15.5. The van der Waals surface area contributed by atoms with Crippen LogP contribution in [-0.2, 0) is 16.0 Å². The van der Waals surface area contributed by atoms with Crippen molar-refractivity contribution in [2.45, 2.75) is 19.4 Å². The molecule has 1 aliphatic rings. The molecule has 1 aliphatic heterocycles. The van der Waals surface area contributed by atoms with Gasteiger partial charge in [-0.25, -0.2) is 4.79 Å². The van der Waals surface area contributed by atoms with E-state index in [9.17, 15) is 19.5 Å². The van der Waals surface area contributed by atoms with Crippen LogP contribution in [0.15, 0.2) is 48.5 Å². The molecule has 8 heteroatoms. The standard InChI is InChI=1S/C24H29N3O5/c1-2-17-3-5-18(6-4-17)19-7-9-20(10-8-19)23(30)26-21(22(29)16-28)15-25-24(31)27-11-13-32-14-12-27/h3-10,21,28H,2,11-16H2,1H3,(H,25,31)(H,26,30)/t21-/m0/s1. The van der Waals surface area contributed by atoms with Crippen LogP contribution in [0.1, 0.15) is 22.8 Å². The van der Waals surface area contributed by atoms with Crippen molar-refractivity contribution in [3.63, 3.8) is 0 Å². The molecule has 1 atom stereocenters. The summed E-state index contributed by atoms with van der Waals surface area (Å²) in [6.45, 7) is 3.11. The largest absolute Gasteiger partial charge is 0.388 e. The zero-order chi connectivity index (χ0) is 22.9. The van der Waals surface area contributed by atoms with Gasteiger partial charge in [0.05, 0.1) is 13.2 Å². The first-order valence-electron chi connectivity index (χ1n) is 10.8. The van der Waals surface area contributed by atoms with Gasteiger partial charge in [-0.15, -0.1) is 0 Å². The highest BCUT2D eigenvalue weighted by molar-refractivity contribution is 5.98. The van der Waals surface area contributed by atoms with Crippen molar-refractivity contribution >= 4 is 17.7 Å². The Morgan fingerprint density at radius 2 is 1.59 bits per heavy atom. The minimum absolute atomic E-state index is 0.108. The Morgan fingerprint density at radius 3 is 2.16 bits per heavy atom. The van der Waals surface area contributed by atoms with E-state index in [-0.39, 0.29) is 12.6 Å². The fourth-order valence-electron chi connectivity index (χ4n) is 3.41. The molecule has 0 spiro atoms. The summed E-state index contributed by atoms with van der Waals surface area (Å²) >= 11 is 0. The molecule has 32 heavy (non-hydrogen) atoms. The van der Waals surface area contributed by atoms with E-state index in [1.165, 1.54) is 5.56 Å². The molecule has 2 aromatic carbocycles. The van der Waals surface area contributed by atoms with Crippen LogP contribution in [0, 0.1) is 0 Å². The maximum atomic E-state index is 12.7. The Hall–Kier alpha value is -3.23. The third kappa shape index (κ3) is 6.15. The lowest BCUT2D eigenvalue weighted by Crippen LogP contribution is -2.53. The van der Waals surface area contributed by atoms with E-state index in [0.29, 0.717) is 31.9 Å². The van der Waals surface area contributed by atoms with Crippen molar-refractivity contribution in [3.05, 3.63) is 59.7 Å². The van der Waals surface area contributed by atoms with Crippen molar-refractivity contribution in [2.24, 2.45) is 0 Å². The molecule has 0 aromatic heterocycles. The summed E-state index contributed by atoms with van der Waals surface area (Å²) in [5, 5.41) is 14.5. The van der Waals surface area contributed by atoms with E-state index in [0.717, 1.165) is 17.5 Å². The number of Topliss-reactive ketones (excluding diaryl/α,β-unsaturated/α-hetero) is 1. The lowest BCUT2D eigenvalue weighted by molar-refractivity contribution is -0.123. The fraction of sp³-hybridized carbons (Fsp3) is 0.375. The Balaban J connectivity index is 1.61. The molecule has 0 aliphatic carbocycles. The number of ether oxygens (including phenoxy) is 1. The number of hydrogen-bond donors (Lipinski definition) is 3. The number of nitrogens with one attached hydrogen (secondary N) is 2. The molecule has 0 saturated carbocycles. The number of benzene rings is 2. The first kappa shape index (κ1) is 23.4. The van der Waals surface area contributed by atoms with Crippen LogP contribution in [0.3, 0.4) is 0 Å². The van der Waals surface area contributed by atoms with Gasteiger partial charge in [0.25, 0.3) is 5.91 Å². The van der Waals surface area contributed by atoms with Crippen LogP contribution in [0.2, 0.25) is 0 Å². The van der Waals surface area contributed by atoms with Crippen LogP contribution in [0.4, 0.5) is 4.79 Å². The van der Waals surface area contributed by atoms with Crippen molar-refractivity contribution in [1.82, 2.24) is 15.5 Å². The maximum Gasteiger partial charge on any atom is 0.317 e. The molecule has 1 heterocycles. The number of rotatable bonds is 8. The van der Waals surface area contributed by atoms with E-state index in [1.54, 1.807) is 17.0 Å². The van der Waals surface area contributed by atoms with Gasteiger partial charge in [0.1, 0.15) is 12.6 Å². The summed E-state index contributed by atoms with van der Waals surface area (Å²) in [5.41, 5.74) is 3.66. The number of aliphatic hydroxyl groups is 1. The van der Waals surface area contributed by atoms with Gasteiger partial charge in [0, 0.05) is 25.2 Å². The van der Waals surface area contributed by atoms with Gasteiger partial charge in [-0.3, -0.25) is 9.59 Å². The van der Waals surface area contributed by atoms with Gasteiger partial charge in [-0.1, -0.05) is 43.3 Å². The number of aryl methyl sites for hydroxylation is 1.